The van der Waals surface area contributed by atoms with E-state index in [0.717, 1.165) is 11.4 Å². The van der Waals surface area contributed by atoms with Crippen molar-refractivity contribution < 1.29 is 0 Å². The Morgan fingerprint density at radius 2 is 1.85 bits per heavy atom. The van der Waals surface area contributed by atoms with Gasteiger partial charge in [-0.1, -0.05) is 51.4 Å². The highest BCUT2D eigenvalue weighted by molar-refractivity contribution is 6.31. The molecule has 1 aromatic rings. The summed E-state index contributed by atoms with van der Waals surface area (Å²) in [5.41, 5.74) is 2.74. The second-order valence-electron chi connectivity index (χ2n) is 4.42. The number of aryl methyl sites for hydroxylation is 1. The molecule has 0 unspecified atom stereocenters. The van der Waals surface area contributed by atoms with Crippen molar-refractivity contribution >= 4 is 11.6 Å². The van der Waals surface area contributed by atoms with Crippen LogP contribution in [0.5, 0.6) is 0 Å². The molecule has 0 saturated heterocycles. The minimum absolute atomic E-state index is 0.141. The van der Waals surface area contributed by atoms with Crippen molar-refractivity contribution in [2.24, 2.45) is 0 Å². The zero-order chi connectivity index (χ0) is 10.1. The zero-order valence-electron chi connectivity index (χ0n) is 8.82. The Kier molecular flexibility index (Phi) is 3.02. The number of benzene rings is 1. The van der Waals surface area contributed by atoms with Gasteiger partial charge in [0.1, 0.15) is 0 Å². The van der Waals surface area contributed by atoms with Gasteiger partial charge in [-0.3, -0.25) is 0 Å². The van der Waals surface area contributed by atoms with E-state index in [-0.39, 0.29) is 5.41 Å². The minimum atomic E-state index is 0.141. The predicted molar refractivity (Wildman–Crippen MR) is 59.5 cm³/mol. The summed E-state index contributed by atoms with van der Waals surface area (Å²) in [6.45, 7) is 8.73. The van der Waals surface area contributed by atoms with Crippen molar-refractivity contribution in [2.45, 2.75) is 39.5 Å². The Morgan fingerprint density at radius 1 is 1.23 bits per heavy atom. The van der Waals surface area contributed by atoms with E-state index in [4.69, 9.17) is 11.6 Å². The molecule has 0 atom stereocenters. The maximum absolute atomic E-state index is 6.14. The molecule has 0 heterocycles. The first-order chi connectivity index (χ1) is 5.95. The highest BCUT2D eigenvalue weighted by atomic mass is 35.5. The van der Waals surface area contributed by atoms with E-state index in [1.807, 2.05) is 6.07 Å². The summed E-state index contributed by atoms with van der Waals surface area (Å²) >= 11 is 6.14. The van der Waals surface area contributed by atoms with Crippen LogP contribution in [-0.4, -0.2) is 0 Å². The molecule has 0 aliphatic rings. The first kappa shape index (κ1) is 10.6. The molecule has 1 heteroatoms. The summed E-state index contributed by atoms with van der Waals surface area (Å²) in [7, 11) is 0. The average Bonchev–Trinajstić information content (AvgIpc) is 2.03. The van der Waals surface area contributed by atoms with Crippen LogP contribution >= 0.6 is 11.6 Å². The largest absolute Gasteiger partial charge is 0.0840 e. The maximum Gasteiger partial charge on any atom is 0.0443 e. The van der Waals surface area contributed by atoms with Gasteiger partial charge in [0.25, 0.3) is 0 Å². The van der Waals surface area contributed by atoms with Crippen LogP contribution in [0.4, 0.5) is 0 Å². The SMILES string of the molecule is CCc1ccc(Cl)c(C(C)(C)C)c1. The second kappa shape index (κ2) is 3.71. The third-order valence-corrected chi connectivity index (χ3v) is 2.58. The Balaban J connectivity index is 3.19. The van der Waals surface area contributed by atoms with Gasteiger partial charge >= 0.3 is 0 Å². The number of hydrogen-bond donors (Lipinski definition) is 0. The zero-order valence-corrected chi connectivity index (χ0v) is 9.57. The fourth-order valence-electron chi connectivity index (χ4n) is 1.37. The molecule has 0 aliphatic heterocycles. The Morgan fingerprint density at radius 3 is 2.31 bits per heavy atom. The summed E-state index contributed by atoms with van der Waals surface area (Å²) in [6.07, 6.45) is 1.07. The molecule has 0 aliphatic carbocycles. The van der Waals surface area contributed by atoms with Crippen LogP contribution in [0.1, 0.15) is 38.8 Å². The molecule has 0 spiro atoms. The van der Waals surface area contributed by atoms with Gasteiger partial charge in [0.2, 0.25) is 0 Å². The highest BCUT2D eigenvalue weighted by Gasteiger charge is 2.17. The number of hydrogen-bond acceptors (Lipinski definition) is 0. The summed E-state index contributed by atoms with van der Waals surface area (Å²) in [4.78, 5) is 0. The van der Waals surface area contributed by atoms with E-state index in [0.29, 0.717) is 0 Å². The van der Waals surface area contributed by atoms with Gasteiger partial charge in [0, 0.05) is 5.02 Å². The molecule has 0 radical (unpaired) electrons. The first-order valence-electron chi connectivity index (χ1n) is 4.74. The predicted octanol–water partition coefficient (Wildman–Crippen LogP) is 4.20. The quantitative estimate of drug-likeness (QED) is 0.632. The maximum atomic E-state index is 6.14. The lowest BCUT2D eigenvalue weighted by Crippen LogP contribution is -2.12. The van der Waals surface area contributed by atoms with Crippen LogP contribution < -0.4 is 0 Å². The molecule has 0 nitrogen and oxygen atoms in total. The van der Waals surface area contributed by atoms with E-state index in [1.54, 1.807) is 0 Å². The van der Waals surface area contributed by atoms with Crippen molar-refractivity contribution in [2.75, 3.05) is 0 Å². The van der Waals surface area contributed by atoms with E-state index in [9.17, 15) is 0 Å². The molecule has 72 valence electrons. The van der Waals surface area contributed by atoms with E-state index >= 15 is 0 Å². The fraction of sp³-hybridized carbons (Fsp3) is 0.500. The molecule has 0 fully saturated rings. The van der Waals surface area contributed by atoms with Crippen LogP contribution in [0.2, 0.25) is 5.02 Å². The van der Waals surface area contributed by atoms with Crippen molar-refractivity contribution in [1.29, 1.82) is 0 Å². The van der Waals surface area contributed by atoms with E-state index < -0.39 is 0 Å². The van der Waals surface area contributed by atoms with Crippen molar-refractivity contribution in [3.05, 3.63) is 34.3 Å². The summed E-state index contributed by atoms with van der Waals surface area (Å²) in [6, 6.07) is 6.31. The van der Waals surface area contributed by atoms with Gasteiger partial charge in [-0.2, -0.15) is 0 Å². The molecular formula is C12H17Cl. The van der Waals surface area contributed by atoms with Crippen molar-refractivity contribution in [3.8, 4) is 0 Å². The Hall–Kier alpha value is -0.490. The third kappa shape index (κ3) is 2.47. The van der Waals surface area contributed by atoms with Crippen LogP contribution in [0.15, 0.2) is 18.2 Å². The fourth-order valence-corrected chi connectivity index (χ4v) is 1.77. The second-order valence-corrected chi connectivity index (χ2v) is 4.82. The molecule has 13 heavy (non-hydrogen) atoms. The Bertz CT molecular complexity index is 294. The summed E-state index contributed by atoms with van der Waals surface area (Å²) in [5.74, 6) is 0. The lowest BCUT2D eigenvalue weighted by atomic mass is 9.86. The topological polar surface area (TPSA) is 0 Å². The molecular weight excluding hydrogens is 180 g/mol. The molecule has 1 rings (SSSR count). The van der Waals surface area contributed by atoms with Gasteiger partial charge in [-0.05, 0) is 29.0 Å². The molecule has 0 N–H and O–H groups in total. The van der Waals surface area contributed by atoms with Crippen LogP contribution in [0.3, 0.4) is 0 Å². The third-order valence-electron chi connectivity index (χ3n) is 2.25. The number of halogens is 1. The van der Waals surface area contributed by atoms with E-state index in [1.165, 1.54) is 11.1 Å². The smallest absolute Gasteiger partial charge is 0.0443 e. The average molecular weight is 197 g/mol. The van der Waals surface area contributed by atoms with E-state index in [2.05, 4.69) is 39.8 Å². The van der Waals surface area contributed by atoms with Gasteiger partial charge in [-0.15, -0.1) is 0 Å². The van der Waals surface area contributed by atoms with Gasteiger partial charge in [-0.25, -0.2) is 0 Å². The highest BCUT2D eigenvalue weighted by Crippen LogP contribution is 2.30. The van der Waals surface area contributed by atoms with Crippen molar-refractivity contribution in [1.82, 2.24) is 0 Å². The summed E-state index contributed by atoms with van der Waals surface area (Å²) in [5, 5.41) is 0.879. The van der Waals surface area contributed by atoms with Gasteiger partial charge in [0.15, 0.2) is 0 Å². The molecule has 0 amide bonds. The van der Waals surface area contributed by atoms with Gasteiger partial charge in [0.05, 0.1) is 0 Å². The normalized spacial score (nSPS) is 11.8. The molecule has 0 bridgehead atoms. The molecule has 0 aromatic heterocycles. The van der Waals surface area contributed by atoms with Crippen LogP contribution in [-0.2, 0) is 11.8 Å². The number of rotatable bonds is 1. The molecule has 0 saturated carbocycles. The minimum Gasteiger partial charge on any atom is -0.0840 e. The monoisotopic (exact) mass is 196 g/mol. The standard InChI is InChI=1S/C12H17Cl/c1-5-9-6-7-11(13)10(8-9)12(2,3)4/h6-8H,5H2,1-4H3. The van der Waals surface area contributed by atoms with Crippen molar-refractivity contribution in [3.63, 3.8) is 0 Å². The lowest BCUT2D eigenvalue weighted by Gasteiger charge is -2.21. The summed E-state index contributed by atoms with van der Waals surface area (Å²) < 4.78 is 0. The first-order valence-corrected chi connectivity index (χ1v) is 5.12. The lowest BCUT2D eigenvalue weighted by molar-refractivity contribution is 0.589. The molecule has 1 aromatic carbocycles. The van der Waals surface area contributed by atoms with Crippen LogP contribution in [0.25, 0.3) is 0 Å². The Labute approximate surface area is 85.9 Å². The van der Waals surface area contributed by atoms with Gasteiger partial charge < -0.3 is 0 Å². The van der Waals surface area contributed by atoms with Crippen LogP contribution in [0, 0.1) is 0 Å².